The van der Waals surface area contributed by atoms with Gasteiger partial charge in [0.15, 0.2) is 0 Å². The molecule has 0 atom stereocenters. The molecule has 0 saturated carbocycles. The van der Waals surface area contributed by atoms with Gasteiger partial charge < -0.3 is 14.2 Å². The Morgan fingerprint density at radius 2 is 2.00 bits per heavy atom. The lowest BCUT2D eigenvalue weighted by Crippen LogP contribution is -2.38. The smallest absolute Gasteiger partial charge is 0.410 e. The first kappa shape index (κ1) is 18.1. The summed E-state index contributed by atoms with van der Waals surface area (Å²) in [4.78, 5) is 17.1. The highest BCUT2D eigenvalue weighted by Gasteiger charge is 2.26. The van der Waals surface area contributed by atoms with E-state index >= 15 is 0 Å². The highest BCUT2D eigenvalue weighted by Crippen LogP contribution is 2.29. The summed E-state index contributed by atoms with van der Waals surface area (Å²) in [6.07, 6.45) is 1.30. The highest BCUT2D eigenvalue weighted by molar-refractivity contribution is 5.86. The zero-order chi connectivity index (χ0) is 18.7. The van der Waals surface area contributed by atoms with Crippen molar-refractivity contribution in [1.82, 2.24) is 9.47 Å². The minimum atomic E-state index is -0.493. The number of hydrogen-bond acceptors (Lipinski definition) is 3. The van der Waals surface area contributed by atoms with Crippen LogP contribution in [0, 0.1) is 0 Å². The Balaban J connectivity index is 1.88. The van der Waals surface area contributed by atoms with Crippen molar-refractivity contribution in [2.45, 2.75) is 45.8 Å². The number of benzene rings is 1. The summed E-state index contributed by atoms with van der Waals surface area (Å²) in [5.41, 5.74) is 11.8. The molecule has 0 radical (unpaired) electrons. The van der Waals surface area contributed by atoms with Gasteiger partial charge in [0.05, 0.1) is 0 Å². The predicted octanol–water partition coefficient (Wildman–Crippen LogP) is 4.29. The summed E-state index contributed by atoms with van der Waals surface area (Å²) >= 11 is 0. The molecule has 0 N–H and O–H groups in total. The van der Waals surface area contributed by atoms with Crippen LogP contribution >= 0.6 is 0 Å². The van der Waals surface area contributed by atoms with Crippen LogP contribution in [0.4, 0.5) is 4.79 Å². The van der Waals surface area contributed by atoms with Crippen LogP contribution in [0.3, 0.4) is 0 Å². The number of amides is 1. The van der Waals surface area contributed by atoms with Gasteiger partial charge >= 0.3 is 6.09 Å². The molecule has 0 spiro atoms. The van der Waals surface area contributed by atoms with E-state index in [1.54, 1.807) is 4.90 Å². The Morgan fingerprint density at radius 1 is 1.27 bits per heavy atom. The highest BCUT2D eigenvalue weighted by atomic mass is 16.6. The third-order valence-corrected chi connectivity index (χ3v) is 4.58. The standard InChI is InChI=1S/C19H25N5O2/c1-19(2,3)26-18(25)23-11-8-15-14-6-4-5-7-16(14)24(13-10-21-22-20)17(15)9-12-23/h4-7H,8-13H2,1-3H3. The van der Waals surface area contributed by atoms with E-state index < -0.39 is 5.60 Å². The molecule has 2 aromatic rings. The first-order valence-electron chi connectivity index (χ1n) is 8.98. The zero-order valence-corrected chi connectivity index (χ0v) is 15.6. The summed E-state index contributed by atoms with van der Waals surface area (Å²) in [7, 11) is 0. The number of ether oxygens (including phenoxy) is 1. The van der Waals surface area contributed by atoms with Crippen molar-refractivity contribution in [3.63, 3.8) is 0 Å². The summed E-state index contributed by atoms with van der Waals surface area (Å²) < 4.78 is 7.76. The van der Waals surface area contributed by atoms with Crippen molar-refractivity contribution in [2.24, 2.45) is 5.11 Å². The second-order valence-corrected chi connectivity index (χ2v) is 7.52. The van der Waals surface area contributed by atoms with Gasteiger partial charge in [-0.2, -0.15) is 0 Å². The summed E-state index contributed by atoms with van der Waals surface area (Å²) in [5.74, 6) is 0. The van der Waals surface area contributed by atoms with Gasteiger partial charge in [-0.1, -0.05) is 23.3 Å². The summed E-state index contributed by atoms with van der Waals surface area (Å²) in [5, 5.41) is 4.90. The van der Waals surface area contributed by atoms with Gasteiger partial charge in [-0.05, 0) is 44.4 Å². The lowest BCUT2D eigenvalue weighted by atomic mass is 10.1. The first-order valence-corrected chi connectivity index (χ1v) is 8.98. The maximum atomic E-state index is 12.4. The maximum Gasteiger partial charge on any atom is 0.410 e. The number of fused-ring (bicyclic) bond motifs is 3. The maximum absolute atomic E-state index is 12.4. The molecular weight excluding hydrogens is 330 g/mol. The molecule has 1 aliphatic heterocycles. The number of rotatable bonds is 3. The van der Waals surface area contributed by atoms with Gasteiger partial charge in [0.2, 0.25) is 0 Å². The number of carbonyl (C=O) groups excluding carboxylic acids is 1. The van der Waals surface area contributed by atoms with E-state index in [2.05, 4.69) is 26.7 Å². The molecule has 2 heterocycles. The average Bonchev–Trinajstić information content (AvgIpc) is 2.73. The van der Waals surface area contributed by atoms with Crippen molar-refractivity contribution in [1.29, 1.82) is 0 Å². The lowest BCUT2D eigenvalue weighted by Gasteiger charge is -2.26. The van der Waals surface area contributed by atoms with Crippen molar-refractivity contribution in [2.75, 3.05) is 19.6 Å². The van der Waals surface area contributed by atoms with E-state index in [0.717, 1.165) is 18.4 Å². The van der Waals surface area contributed by atoms with E-state index in [1.165, 1.54) is 16.6 Å². The van der Waals surface area contributed by atoms with Gasteiger partial charge in [-0.3, -0.25) is 0 Å². The third kappa shape index (κ3) is 3.78. The second kappa shape index (κ2) is 7.30. The Morgan fingerprint density at radius 3 is 2.73 bits per heavy atom. The van der Waals surface area contributed by atoms with Crippen LogP contribution in [0.25, 0.3) is 21.3 Å². The molecule has 3 rings (SSSR count). The van der Waals surface area contributed by atoms with E-state index in [9.17, 15) is 4.79 Å². The van der Waals surface area contributed by atoms with Crippen LogP contribution in [-0.4, -0.2) is 40.8 Å². The quantitative estimate of drug-likeness (QED) is 0.467. The molecule has 1 aromatic carbocycles. The van der Waals surface area contributed by atoms with Gasteiger partial charge in [0, 0.05) is 54.1 Å². The fourth-order valence-electron chi connectivity index (χ4n) is 3.55. The molecule has 0 bridgehead atoms. The van der Waals surface area contributed by atoms with Crippen molar-refractivity contribution in [3.05, 3.63) is 46.0 Å². The minimum Gasteiger partial charge on any atom is -0.444 e. The average molecular weight is 355 g/mol. The third-order valence-electron chi connectivity index (χ3n) is 4.58. The van der Waals surface area contributed by atoms with Crippen molar-refractivity contribution >= 4 is 17.0 Å². The van der Waals surface area contributed by atoms with Gasteiger partial charge in [-0.15, -0.1) is 0 Å². The molecule has 7 heteroatoms. The molecule has 26 heavy (non-hydrogen) atoms. The van der Waals surface area contributed by atoms with E-state index in [0.29, 0.717) is 26.2 Å². The van der Waals surface area contributed by atoms with Crippen LogP contribution in [0.5, 0.6) is 0 Å². The number of hydrogen-bond donors (Lipinski definition) is 0. The molecule has 7 nitrogen and oxygen atoms in total. The zero-order valence-electron chi connectivity index (χ0n) is 15.6. The number of nitrogens with zero attached hydrogens (tertiary/aromatic N) is 5. The fraction of sp³-hybridized carbons (Fsp3) is 0.526. The van der Waals surface area contributed by atoms with Crippen molar-refractivity contribution in [3.8, 4) is 0 Å². The molecule has 0 unspecified atom stereocenters. The normalized spacial score (nSPS) is 14.5. The molecule has 0 saturated heterocycles. The number of para-hydroxylation sites is 1. The topological polar surface area (TPSA) is 83.2 Å². The van der Waals surface area contributed by atoms with E-state index in [-0.39, 0.29) is 6.09 Å². The first-order chi connectivity index (χ1) is 12.4. The van der Waals surface area contributed by atoms with Crippen LogP contribution in [0.1, 0.15) is 32.0 Å². The largest absolute Gasteiger partial charge is 0.444 e. The molecule has 1 aromatic heterocycles. The summed E-state index contributed by atoms with van der Waals surface area (Å²) in [6.45, 7) is 7.98. The molecule has 138 valence electrons. The minimum absolute atomic E-state index is 0.257. The fourth-order valence-corrected chi connectivity index (χ4v) is 3.55. The van der Waals surface area contributed by atoms with Gasteiger partial charge in [0.25, 0.3) is 0 Å². The molecule has 0 aliphatic carbocycles. The SMILES string of the molecule is CC(C)(C)OC(=O)N1CCc2c(n(CCN=[N+]=[N-])c3ccccc23)CC1. The Bertz CT molecular complexity index is 859. The number of azide groups is 1. The van der Waals surface area contributed by atoms with Crippen LogP contribution < -0.4 is 0 Å². The number of carbonyl (C=O) groups is 1. The van der Waals surface area contributed by atoms with Gasteiger partial charge in [-0.25, -0.2) is 4.79 Å². The summed E-state index contributed by atoms with van der Waals surface area (Å²) in [6, 6.07) is 8.29. The molecule has 1 aliphatic rings. The second-order valence-electron chi connectivity index (χ2n) is 7.52. The Labute approximate surface area is 153 Å². The van der Waals surface area contributed by atoms with Crippen LogP contribution in [0.15, 0.2) is 29.4 Å². The van der Waals surface area contributed by atoms with E-state index in [4.69, 9.17) is 10.3 Å². The van der Waals surface area contributed by atoms with Crippen LogP contribution in [0.2, 0.25) is 0 Å². The lowest BCUT2D eigenvalue weighted by molar-refractivity contribution is 0.0258. The Kier molecular flexibility index (Phi) is 5.09. The Hall–Kier alpha value is -2.66. The van der Waals surface area contributed by atoms with Gasteiger partial charge in [0.1, 0.15) is 5.60 Å². The number of aromatic nitrogens is 1. The predicted molar refractivity (Wildman–Crippen MR) is 101 cm³/mol. The van der Waals surface area contributed by atoms with E-state index in [1.807, 2.05) is 32.9 Å². The van der Waals surface area contributed by atoms with Crippen LogP contribution in [-0.2, 0) is 24.1 Å². The van der Waals surface area contributed by atoms with Crippen molar-refractivity contribution < 1.29 is 9.53 Å². The molecular formula is C19H25N5O2. The molecule has 1 amide bonds. The molecule has 0 fully saturated rings. The monoisotopic (exact) mass is 355 g/mol.